The Morgan fingerprint density at radius 3 is 2.70 bits per heavy atom. The van der Waals surface area contributed by atoms with E-state index in [0.29, 0.717) is 18.8 Å². The van der Waals surface area contributed by atoms with Gasteiger partial charge >= 0.3 is 5.97 Å². The molecule has 1 heterocycles. The highest BCUT2D eigenvalue weighted by atomic mass is 16.5. The van der Waals surface area contributed by atoms with Crippen LogP contribution in [-0.4, -0.2) is 35.3 Å². The fraction of sp³-hybridized carbons (Fsp3) is 0.250. The largest absolute Gasteiger partial charge is 0.478 e. The third kappa shape index (κ3) is 4.84. The standard InChI is InChI=1S/C20H21N3O4/c1-13-9-16(14(2)23(13)7-8-27-3)10-17(12-21)19(24)22-18-6-4-5-15(11-18)20(25)26/h4-6,9-11H,7-8H2,1-3H3,(H,22,24)(H,25,26)/b17-10-. The van der Waals surface area contributed by atoms with E-state index >= 15 is 0 Å². The van der Waals surface area contributed by atoms with Gasteiger partial charge < -0.3 is 19.7 Å². The number of carbonyl (C=O) groups is 2. The zero-order chi connectivity index (χ0) is 20.0. The van der Waals surface area contributed by atoms with Crippen LogP contribution in [0.4, 0.5) is 5.69 Å². The number of methoxy groups -OCH3 is 1. The Morgan fingerprint density at radius 1 is 1.33 bits per heavy atom. The molecule has 2 aromatic rings. The number of ether oxygens (including phenoxy) is 1. The normalized spacial score (nSPS) is 11.1. The van der Waals surface area contributed by atoms with Crippen LogP contribution in [0.25, 0.3) is 6.08 Å². The Hall–Kier alpha value is -3.37. The van der Waals surface area contributed by atoms with Crippen molar-refractivity contribution < 1.29 is 19.4 Å². The molecule has 0 atom stereocenters. The van der Waals surface area contributed by atoms with Gasteiger partial charge in [-0.05, 0) is 49.8 Å². The molecule has 0 unspecified atom stereocenters. The topological polar surface area (TPSA) is 104 Å². The quantitative estimate of drug-likeness (QED) is 0.578. The van der Waals surface area contributed by atoms with Crippen molar-refractivity contribution in [2.24, 2.45) is 0 Å². The van der Waals surface area contributed by atoms with Crippen molar-refractivity contribution in [3.63, 3.8) is 0 Å². The van der Waals surface area contributed by atoms with Crippen LogP contribution in [0.3, 0.4) is 0 Å². The lowest BCUT2D eigenvalue weighted by atomic mass is 10.1. The van der Waals surface area contributed by atoms with E-state index in [-0.39, 0.29) is 11.1 Å². The molecule has 1 amide bonds. The number of carboxylic acids is 1. The first-order chi connectivity index (χ1) is 12.9. The van der Waals surface area contributed by atoms with Gasteiger partial charge in [-0.3, -0.25) is 4.79 Å². The van der Waals surface area contributed by atoms with Crippen molar-refractivity contribution in [2.75, 3.05) is 19.0 Å². The summed E-state index contributed by atoms with van der Waals surface area (Å²) in [5.74, 6) is -1.69. The highest BCUT2D eigenvalue weighted by Crippen LogP contribution is 2.19. The zero-order valence-corrected chi connectivity index (χ0v) is 15.4. The maximum atomic E-state index is 12.4. The van der Waals surface area contributed by atoms with Crippen molar-refractivity contribution in [3.05, 3.63) is 58.4 Å². The molecule has 0 fully saturated rings. The number of aromatic carboxylic acids is 1. The van der Waals surface area contributed by atoms with Gasteiger partial charge in [0.05, 0.1) is 12.2 Å². The summed E-state index contributed by atoms with van der Waals surface area (Å²) in [6, 6.07) is 9.66. The average molecular weight is 367 g/mol. The lowest BCUT2D eigenvalue weighted by Crippen LogP contribution is -2.14. The third-order valence-electron chi connectivity index (χ3n) is 4.16. The van der Waals surface area contributed by atoms with Gasteiger partial charge in [0.25, 0.3) is 5.91 Å². The molecule has 0 aliphatic heterocycles. The van der Waals surface area contributed by atoms with Crippen LogP contribution in [0.15, 0.2) is 35.9 Å². The highest BCUT2D eigenvalue weighted by molar-refractivity contribution is 6.10. The fourth-order valence-corrected chi connectivity index (χ4v) is 2.73. The number of carbonyl (C=O) groups excluding carboxylic acids is 1. The molecule has 0 saturated heterocycles. The van der Waals surface area contributed by atoms with Crippen LogP contribution in [0.2, 0.25) is 0 Å². The molecule has 7 heteroatoms. The summed E-state index contributed by atoms with van der Waals surface area (Å²) < 4.78 is 7.16. The minimum Gasteiger partial charge on any atom is -0.478 e. The van der Waals surface area contributed by atoms with Gasteiger partial charge in [-0.2, -0.15) is 5.26 Å². The summed E-state index contributed by atoms with van der Waals surface area (Å²) in [6.07, 6.45) is 1.53. The van der Waals surface area contributed by atoms with Crippen LogP contribution < -0.4 is 5.32 Å². The van der Waals surface area contributed by atoms with Gasteiger partial charge in [0, 0.05) is 30.7 Å². The van der Waals surface area contributed by atoms with Crippen LogP contribution in [0.5, 0.6) is 0 Å². The SMILES string of the molecule is COCCn1c(C)cc(/C=C(/C#N)C(=O)Nc2cccc(C(=O)O)c2)c1C. The Bertz CT molecular complexity index is 935. The second kappa shape index (κ2) is 8.83. The summed E-state index contributed by atoms with van der Waals surface area (Å²) in [4.78, 5) is 23.5. The maximum Gasteiger partial charge on any atom is 0.335 e. The summed E-state index contributed by atoms with van der Waals surface area (Å²) >= 11 is 0. The number of aryl methyl sites for hydroxylation is 1. The number of rotatable bonds is 7. The number of amides is 1. The number of hydrogen-bond donors (Lipinski definition) is 2. The minimum atomic E-state index is -1.09. The molecule has 2 rings (SSSR count). The van der Waals surface area contributed by atoms with Gasteiger partial charge in [-0.1, -0.05) is 6.07 Å². The van der Waals surface area contributed by atoms with Gasteiger partial charge in [-0.15, -0.1) is 0 Å². The Labute approximate surface area is 157 Å². The first-order valence-electron chi connectivity index (χ1n) is 8.29. The molecule has 1 aromatic heterocycles. The zero-order valence-electron chi connectivity index (χ0n) is 15.4. The van der Waals surface area contributed by atoms with Gasteiger partial charge in [0.2, 0.25) is 0 Å². The monoisotopic (exact) mass is 367 g/mol. The first-order valence-corrected chi connectivity index (χ1v) is 8.29. The van der Waals surface area contributed by atoms with Gasteiger partial charge in [0.1, 0.15) is 11.6 Å². The van der Waals surface area contributed by atoms with Crippen molar-refractivity contribution in [1.29, 1.82) is 5.26 Å². The van der Waals surface area contributed by atoms with E-state index in [1.807, 2.05) is 26.0 Å². The summed E-state index contributed by atoms with van der Waals surface area (Å²) in [5.41, 5.74) is 3.00. The van der Waals surface area contributed by atoms with E-state index in [1.54, 1.807) is 13.2 Å². The predicted molar refractivity (Wildman–Crippen MR) is 101 cm³/mol. The van der Waals surface area contributed by atoms with E-state index in [2.05, 4.69) is 9.88 Å². The first kappa shape index (κ1) is 19.9. The van der Waals surface area contributed by atoms with Crippen molar-refractivity contribution in [1.82, 2.24) is 4.57 Å². The number of benzene rings is 1. The number of anilines is 1. The molecule has 0 bridgehead atoms. The fourth-order valence-electron chi connectivity index (χ4n) is 2.73. The third-order valence-corrected chi connectivity index (χ3v) is 4.16. The lowest BCUT2D eigenvalue weighted by Gasteiger charge is -2.08. The second-order valence-electron chi connectivity index (χ2n) is 5.98. The van der Waals surface area contributed by atoms with Crippen molar-refractivity contribution in [2.45, 2.75) is 20.4 Å². The van der Waals surface area contributed by atoms with E-state index in [1.165, 1.54) is 24.3 Å². The Balaban J connectivity index is 2.26. The lowest BCUT2D eigenvalue weighted by molar-refractivity contribution is -0.112. The summed E-state index contributed by atoms with van der Waals surface area (Å²) in [6.45, 7) is 5.10. The summed E-state index contributed by atoms with van der Waals surface area (Å²) in [7, 11) is 1.63. The molecule has 0 spiro atoms. The predicted octanol–water partition coefficient (Wildman–Crippen LogP) is 3.00. The number of aromatic nitrogens is 1. The molecule has 0 radical (unpaired) electrons. The van der Waals surface area contributed by atoms with E-state index in [4.69, 9.17) is 9.84 Å². The molecule has 1 aromatic carbocycles. The Morgan fingerprint density at radius 2 is 2.07 bits per heavy atom. The molecule has 0 aliphatic carbocycles. The van der Waals surface area contributed by atoms with Gasteiger partial charge in [-0.25, -0.2) is 4.79 Å². The number of nitriles is 1. The van der Waals surface area contributed by atoms with Crippen LogP contribution in [-0.2, 0) is 16.1 Å². The molecule has 0 saturated carbocycles. The van der Waals surface area contributed by atoms with Crippen LogP contribution in [0.1, 0.15) is 27.3 Å². The molecule has 0 aliphatic rings. The van der Waals surface area contributed by atoms with Crippen LogP contribution >= 0.6 is 0 Å². The maximum absolute atomic E-state index is 12.4. The number of nitrogens with one attached hydrogen (secondary N) is 1. The number of hydrogen-bond acceptors (Lipinski definition) is 4. The molecular formula is C20H21N3O4. The second-order valence-corrected chi connectivity index (χ2v) is 5.98. The van der Waals surface area contributed by atoms with Crippen molar-refractivity contribution >= 4 is 23.6 Å². The minimum absolute atomic E-state index is 0.0528. The van der Waals surface area contributed by atoms with Crippen LogP contribution in [0, 0.1) is 25.2 Å². The van der Waals surface area contributed by atoms with E-state index in [9.17, 15) is 14.9 Å². The highest BCUT2D eigenvalue weighted by Gasteiger charge is 2.14. The van der Waals surface area contributed by atoms with Gasteiger partial charge in [0.15, 0.2) is 0 Å². The summed E-state index contributed by atoms with van der Waals surface area (Å²) in [5, 5.41) is 21.0. The van der Waals surface area contributed by atoms with E-state index in [0.717, 1.165) is 17.0 Å². The Kier molecular flexibility index (Phi) is 6.52. The smallest absolute Gasteiger partial charge is 0.335 e. The molecule has 7 nitrogen and oxygen atoms in total. The molecule has 140 valence electrons. The number of nitrogens with zero attached hydrogens (tertiary/aromatic N) is 2. The molecule has 27 heavy (non-hydrogen) atoms. The molecule has 2 N–H and O–H groups in total. The number of carboxylic acid groups (broad SMARTS) is 1. The molecular weight excluding hydrogens is 346 g/mol. The average Bonchev–Trinajstić information content (AvgIpc) is 2.91. The van der Waals surface area contributed by atoms with E-state index < -0.39 is 11.9 Å². The van der Waals surface area contributed by atoms with Crippen molar-refractivity contribution in [3.8, 4) is 6.07 Å².